The van der Waals surface area contributed by atoms with Gasteiger partial charge in [0.2, 0.25) is 11.8 Å². The van der Waals surface area contributed by atoms with E-state index in [2.05, 4.69) is 15.6 Å². The van der Waals surface area contributed by atoms with Crippen molar-refractivity contribution >= 4 is 39.9 Å². The Labute approximate surface area is 207 Å². The number of carbonyl (C=O) groups excluding carboxylic acids is 2. The molecule has 0 saturated carbocycles. The first-order chi connectivity index (χ1) is 17.0. The summed E-state index contributed by atoms with van der Waals surface area (Å²) in [5.74, 6) is -0.159. The standard InChI is InChI=1S/C25H27N5O4S/c1-17-10-11-21(34-3)20(15-17)30(23(31)16-29-19-8-5-4-7-18(19)27-28-29)24(22-9-6-14-35-22)25(32)26-12-13-33-2/h4-11,14-15,24H,12-13,16H2,1-3H3,(H,26,32). The molecule has 2 amide bonds. The lowest BCUT2D eigenvalue weighted by molar-refractivity contribution is -0.127. The summed E-state index contributed by atoms with van der Waals surface area (Å²) >= 11 is 1.41. The highest BCUT2D eigenvalue weighted by Crippen LogP contribution is 2.37. The zero-order valence-electron chi connectivity index (χ0n) is 19.8. The minimum absolute atomic E-state index is 0.106. The molecule has 1 unspecified atom stereocenters. The third-order valence-corrected chi connectivity index (χ3v) is 6.42. The lowest BCUT2D eigenvalue weighted by Gasteiger charge is -2.32. The zero-order chi connectivity index (χ0) is 24.8. The number of anilines is 1. The molecule has 0 radical (unpaired) electrons. The van der Waals surface area contributed by atoms with Crippen LogP contribution in [0.5, 0.6) is 5.75 Å². The SMILES string of the molecule is COCCNC(=O)C(c1cccs1)N(C(=O)Cn1nnc2ccccc21)c1cc(C)ccc1OC. The summed E-state index contributed by atoms with van der Waals surface area (Å²) in [5.41, 5.74) is 2.85. The van der Waals surface area contributed by atoms with Crippen LogP contribution in [0.3, 0.4) is 0 Å². The zero-order valence-corrected chi connectivity index (χ0v) is 20.6. The molecule has 0 spiro atoms. The first-order valence-corrected chi connectivity index (χ1v) is 12.0. The highest BCUT2D eigenvalue weighted by atomic mass is 32.1. The van der Waals surface area contributed by atoms with E-state index in [4.69, 9.17) is 9.47 Å². The van der Waals surface area contributed by atoms with Crippen LogP contribution in [0.15, 0.2) is 60.0 Å². The lowest BCUT2D eigenvalue weighted by Crippen LogP contribution is -2.45. The Morgan fingerprint density at radius 3 is 2.71 bits per heavy atom. The molecule has 10 heteroatoms. The molecule has 0 saturated heterocycles. The number of ether oxygens (including phenoxy) is 2. The van der Waals surface area contributed by atoms with E-state index in [1.807, 2.05) is 60.8 Å². The minimum Gasteiger partial charge on any atom is -0.495 e. The number of aryl methyl sites for hydroxylation is 1. The van der Waals surface area contributed by atoms with Gasteiger partial charge < -0.3 is 14.8 Å². The number of hydrogen-bond acceptors (Lipinski definition) is 7. The molecule has 1 N–H and O–H groups in total. The number of aromatic nitrogens is 3. The molecule has 0 aliphatic carbocycles. The Morgan fingerprint density at radius 2 is 1.97 bits per heavy atom. The Bertz CT molecular complexity index is 1300. The molecular formula is C25H27N5O4S. The first-order valence-electron chi connectivity index (χ1n) is 11.1. The van der Waals surface area contributed by atoms with Gasteiger partial charge >= 0.3 is 0 Å². The van der Waals surface area contributed by atoms with Crippen molar-refractivity contribution in [3.05, 3.63) is 70.4 Å². The number of benzene rings is 2. The molecular weight excluding hydrogens is 466 g/mol. The van der Waals surface area contributed by atoms with Crippen LogP contribution in [0.4, 0.5) is 5.69 Å². The molecule has 0 fully saturated rings. The predicted molar refractivity (Wildman–Crippen MR) is 135 cm³/mol. The maximum absolute atomic E-state index is 14.0. The fourth-order valence-electron chi connectivity index (χ4n) is 3.84. The van der Waals surface area contributed by atoms with Gasteiger partial charge in [0.15, 0.2) is 0 Å². The molecule has 0 aliphatic rings. The summed E-state index contributed by atoms with van der Waals surface area (Å²) in [5, 5.41) is 13.1. The summed E-state index contributed by atoms with van der Waals surface area (Å²) in [6.45, 7) is 2.49. The van der Waals surface area contributed by atoms with E-state index < -0.39 is 6.04 Å². The van der Waals surface area contributed by atoms with Crippen molar-refractivity contribution in [3.8, 4) is 5.75 Å². The monoisotopic (exact) mass is 493 g/mol. The second kappa shape index (κ2) is 11.1. The second-order valence-electron chi connectivity index (χ2n) is 7.88. The van der Waals surface area contributed by atoms with E-state index in [1.54, 1.807) is 25.0 Å². The van der Waals surface area contributed by atoms with Crippen LogP contribution in [0.2, 0.25) is 0 Å². The Morgan fingerprint density at radius 1 is 1.14 bits per heavy atom. The Hall–Kier alpha value is -3.76. The number of carbonyl (C=O) groups is 2. The van der Waals surface area contributed by atoms with E-state index in [-0.39, 0.29) is 18.4 Å². The van der Waals surface area contributed by atoms with Crippen molar-refractivity contribution in [2.45, 2.75) is 19.5 Å². The largest absolute Gasteiger partial charge is 0.495 e. The fourth-order valence-corrected chi connectivity index (χ4v) is 4.65. The van der Waals surface area contributed by atoms with E-state index in [0.717, 1.165) is 16.0 Å². The fraction of sp³-hybridized carbons (Fsp3) is 0.280. The molecule has 1 atom stereocenters. The number of hydrogen-bond donors (Lipinski definition) is 1. The summed E-state index contributed by atoms with van der Waals surface area (Å²) in [6, 6.07) is 15.8. The number of thiophene rings is 1. The molecule has 35 heavy (non-hydrogen) atoms. The van der Waals surface area contributed by atoms with Gasteiger partial charge in [0, 0.05) is 18.5 Å². The first kappa shape index (κ1) is 24.4. The number of nitrogens with one attached hydrogen (secondary N) is 1. The minimum atomic E-state index is -0.912. The van der Waals surface area contributed by atoms with Crippen molar-refractivity contribution in [2.24, 2.45) is 0 Å². The third-order valence-electron chi connectivity index (χ3n) is 5.49. The van der Waals surface area contributed by atoms with E-state index in [1.165, 1.54) is 16.2 Å². The van der Waals surface area contributed by atoms with Gasteiger partial charge in [-0.1, -0.05) is 29.5 Å². The van der Waals surface area contributed by atoms with Crippen LogP contribution in [0, 0.1) is 6.92 Å². The van der Waals surface area contributed by atoms with Crippen LogP contribution in [-0.4, -0.2) is 54.2 Å². The van der Waals surface area contributed by atoms with E-state index in [0.29, 0.717) is 30.1 Å². The summed E-state index contributed by atoms with van der Waals surface area (Å²) in [7, 11) is 3.11. The molecule has 2 aromatic carbocycles. The van der Waals surface area contributed by atoms with Gasteiger partial charge in [0.25, 0.3) is 0 Å². The van der Waals surface area contributed by atoms with Crippen LogP contribution >= 0.6 is 11.3 Å². The van der Waals surface area contributed by atoms with Crippen molar-refractivity contribution < 1.29 is 19.1 Å². The van der Waals surface area contributed by atoms with Gasteiger partial charge in [-0.05, 0) is 48.2 Å². The van der Waals surface area contributed by atoms with Gasteiger partial charge in [0.05, 0.1) is 24.9 Å². The van der Waals surface area contributed by atoms with Gasteiger partial charge in [-0.25, -0.2) is 4.68 Å². The number of amides is 2. The number of nitrogens with zero attached hydrogens (tertiary/aromatic N) is 4. The second-order valence-corrected chi connectivity index (χ2v) is 8.86. The van der Waals surface area contributed by atoms with Crippen molar-refractivity contribution in [1.82, 2.24) is 20.3 Å². The highest BCUT2D eigenvalue weighted by molar-refractivity contribution is 7.10. The number of fused-ring (bicyclic) bond motifs is 1. The van der Waals surface area contributed by atoms with Gasteiger partial charge in [-0.15, -0.1) is 16.4 Å². The quantitative estimate of drug-likeness (QED) is 0.340. The Balaban J connectivity index is 1.80. The van der Waals surface area contributed by atoms with Gasteiger partial charge in [-0.3, -0.25) is 14.5 Å². The molecule has 2 aromatic heterocycles. The van der Waals surface area contributed by atoms with Crippen LogP contribution < -0.4 is 15.0 Å². The summed E-state index contributed by atoms with van der Waals surface area (Å²) in [4.78, 5) is 29.7. The van der Waals surface area contributed by atoms with Gasteiger partial charge in [0.1, 0.15) is 23.9 Å². The van der Waals surface area contributed by atoms with Crippen molar-refractivity contribution in [2.75, 3.05) is 32.3 Å². The lowest BCUT2D eigenvalue weighted by atomic mass is 10.1. The van der Waals surface area contributed by atoms with Crippen LogP contribution in [0.1, 0.15) is 16.5 Å². The molecule has 2 heterocycles. The van der Waals surface area contributed by atoms with Crippen molar-refractivity contribution in [3.63, 3.8) is 0 Å². The molecule has 4 rings (SSSR count). The number of methoxy groups -OCH3 is 2. The number of rotatable bonds is 10. The highest BCUT2D eigenvalue weighted by Gasteiger charge is 2.35. The van der Waals surface area contributed by atoms with Gasteiger partial charge in [-0.2, -0.15) is 0 Å². The predicted octanol–water partition coefficient (Wildman–Crippen LogP) is 3.35. The summed E-state index contributed by atoms with van der Waals surface area (Å²) < 4.78 is 12.2. The molecule has 182 valence electrons. The normalized spacial score (nSPS) is 11.9. The average Bonchev–Trinajstić information content (AvgIpc) is 3.53. The maximum atomic E-state index is 14.0. The Kier molecular flexibility index (Phi) is 7.74. The topological polar surface area (TPSA) is 98.6 Å². The van der Waals surface area contributed by atoms with Crippen LogP contribution in [0.25, 0.3) is 11.0 Å². The van der Waals surface area contributed by atoms with E-state index >= 15 is 0 Å². The number of para-hydroxylation sites is 1. The van der Waals surface area contributed by atoms with Crippen LogP contribution in [-0.2, 0) is 20.9 Å². The van der Waals surface area contributed by atoms with Crippen molar-refractivity contribution in [1.29, 1.82) is 0 Å². The molecule has 0 bridgehead atoms. The van der Waals surface area contributed by atoms with E-state index in [9.17, 15) is 9.59 Å². The maximum Gasteiger partial charge on any atom is 0.249 e. The molecule has 0 aliphatic heterocycles. The molecule has 4 aromatic rings. The smallest absolute Gasteiger partial charge is 0.249 e. The molecule has 9 nitrogen and oxygen atoms in total. The third kappa shape index (κ3) is 5.33. The summed E-state index contributed by atoms with van der Waals surface area (Å²) in [6.07, 6.45) is 0. The average molecular weight is 494 g/mol.